The molecule has 0 saturated carbocycles. The standard InChI is InChI=1S/C37H47N13O11S2.C2H4O2/c1-50-26(9-6-14-41-36(38)39)34(57)43-19-30(52)47-25(16-31(53)54)33(56)48-37-45-23(20-62-37)15-29(51)46-24(35(50)58)8-4-5-13-40-32(55)22-11-12-28(42-17-22)49-44-18-21-7-2-3-10-27(21)63(59,60)61;1-2(3)4/h2-3,7,10-12,17-18,20,24-26H,4-6,8-9,13-16,19H2,1H3,(H,40,55)(H,42,49)(H,43,57)(H,46,51)(H,47,52)(H,53,54)(H4,38,39,41)(H,45,48,56)(H,59,60,61);1H3,(H,3,4)/t24-,25+,26+;/m1./s1. The molecule has 2 aromatic heterocycles. The minimum absolute atomic E-state index is 0.0233. The number of aliphatic carboxylic acids is 2. The molecule has 6 amide bonds. The topological polar surface area (TPSA) is 409 Å². The van der Waals surface area contributed by atoms with E-state index in [4.69, 9.17) is 21.4 Å². The van der Waals surface area contributed by atoms with Crippen molar-refractivity contribution in [1.29, 1.82) is 0 Å². The number of rotatable bonds is 16. The number of carbonyl (C=O) groups excluding carboxylic acids is 6. The number of anilines is 2. The smallest absolute Gasteiger partial charge is 0.305 e. The number of unbranched alkanes of at least 4 members (excludes halogenated alkanes) is 1. The molecule has 0 spiro atoms. The molecule has 3 heterocycles. The third-order valence-electron chi connectivity index (χ3n) is 9.07. The van der Waals surface area contributed by atoms with Gasteiger partial charge in [0.25, 0.3) is 22.0 Å². The number of carbonyl (C=O) groups is 8. The Hall–Kier alpha value is -7.59. The summed E-state index contributed by atoms with van der Waals surface area (Å²) in [6.07, 6.45) is 2.38. The summed E-state index contributed by atoms with van der Waals surface area (Å²) in [5, 5.41) is 34.8. The fourth-order valence-electron chi connectivity index (χ4n) is 5.97. The molecule has 3 atom stereocenters. The molecule has 26 nitrogen and oxygen atoms in total. The van der Waals surface area contributed by atoms with E-state index in [1.165, 1.54) is 55.2 Å². The van der Waals surface area contributed by atoms with Gasteiger partial charge in [-0.2, -0.15) is 13.5 Å². The largest absolute Gasteiger partial charge is 0.481 e. The number of aromatic nitrogens is 2. The van der Waals surface area contributed by atoms with Crippen molar-refractivity contribution in [2.45, 2.75) is 74.9 Å². The monoisotopic (exact) mass is 973 g/mol. The van der Waals surface area contributed by atoms with Crippen molar-refractivity contribution in [2.75, 3.05) is 37.4 Å². The lowest BCUT2D eigenvalue weighted by Gasteiger charge is -2.31. The van der Waals surface area contributed by atoms with E-state index < -0.39 is 88.6 Å². The molecule has 13 N–H and O–H groups in total. The summed E-state index contributed by atoms with van der Waals surface area (Å²) in [6, 6.07) is 4.73. The van der Waals surface area contributed by atoms with Crippen molar-refractivity contribution in [1.82, 2.24) is 36.1 Å². The van der Waals surface area contributed by atoms with Crippen LogP contribution in [-0.2, 0) is 50.1 Å². The summed E-state index contributed by atoms with van der Waals surface area (Å²) in [7, 11) is -3.12. The molecule has 3 aromatic rings. The number of hydrogen-bond donors (Lipinski definition) is 11. The minimum atomic E-state index is -4.47. The second-order valence-corrected chi connectivity index (χ2v) is 16.6. The van der Waals surface area contributed by atoms with Crippen LogP contribution in [0.2, 0.25) is 0 Å². The summed E-state index contributed by atoms with van der Waals surface area (Å²) < 4.78 is 32.6. The Morgan fingerprint density at radius 1 is 0.970 bits per heavy atom. The summed E-state index contributed by atoms with van der Waals surface area (Å²) in [4.78, 5) is 113. The Kier molecular flexibility index (Phi) is 21.2. The minimum Gasteiger partial charge on any atom is -0.481 e. The zero-order chi connectivity index (χ0) is 49.7. The highest BCUT2D eigenvalue weighted by Crippen LogP contribution is 2.18. The molecule has 2 bridgehead atoms. The van der Waals surface area contributed by atoms with Crippen LogP contribution < -0.4 is 43.5 Å². The highest BCUT2D eigenvalue weighted by atomic mass is 32.2. The number of hydrazone groups is 1. The zero-order valence-corrected chi connectivity index (χ0v) is 37.8. The molecule has 1 aliphatic heterocycles. The van der Waals surface area contributed by atoms with Crippen molar-refractivity contribution in [3.05, 3.63) is 64.8 Å². The maximum Gasteiger partial charge on any atom is 0.305 e. The quantitative estimate of drug-likeness (QED) is 0.0266. The number of nitrogens with one attached hydrogen (secondary N) is 6. The van der Waals surface area contributed by atoms with Crippen LogP contribution in [0.1, 0.15) is 67.1 Å². The van der Waals surface area contributed by atoms with Gasteiger partial charge in [0.1, 0.15) is 28.8 Å². The van der Waals surface area contributed by atoms with E-state index in [0.29, 0.717) is 12.8 Å². The van der Waals surface area contributed by atoms with Crippen molar-refractivity contribution < 1.29 is 61.5 Å². The molecule has 0 unspecified atom stereocenters. The van der Waals surface area contributed by atoms with E-state index in [1.54, 1.807) is 6.07 Å². The van der Waals surface area contributed by atoms with Gasteiger partial charge in [0, 0.05) is 44.2 Å². The molecular weight excluding hydrogens is 923 g/mol. The van der Waals surface area contributed by atoms with Gasteiger partial charge in [0.2, 0.25) is 29.5 Å². The molecule has 0 radical (unpaired) electrons. The van der Waals surface area contributed by atoms with Gasteiger partial charge in [-0.25, -0.2) is 9.97 Å². The van der Waals surface area contributed by atoms with E-state index in [1.807, 2.05) is 0 Å². The molecule has 1 aromatic carbocycles. The number of aliphatic imine (C=N–C) groups is 1. The van der Waals surface area contributed by atoms with Gasteiger partial charge in [-0.3, -0.25) is 53.3 Å². The lowest BCUT2D eigenvalue weighted by Crippen LogP contribution is -2.55. The van der Waals surface area contributed by atoms with E-state index in [9.17, 15) is 51.6 Å². The van der Waals surface area contributed by atoms with Crippen LogP contribution in [0.15, 0.2) is 63.0 Å². The van der Waals surface area contributed by atoms with Gasteiger partial charge in [-0.15, -0.1) is 11.3 Å². The third kappa shape index (κ3) is 19.2. The molecule has 67 heavy (non-hydrogen) atoms. The first kappa shape index (κ1) is 53.7. The van der Waals surface area contributed by atoms with E-state index in [2.05, 4.69) is 52.1 Å². The van der Waals surface area contributed by atoms with E-state index in [-0.39, 0.29) is 77.4 Å². The number of likely N-dealkylation sites (N-methyl/N-ethyl adjacent to an activating group) is 1. The molecule has 28 heteroatoms. The Labute approximate surface area is 387 Å². The average Bonchev–Trinajstić information content (AvgIpc) is 3.69. The predicted octanol–water partition coefficient (Wildman–Crippen LogP) is -1.14. The number of fused-ring (bicyclic) bond motifs is 2. The Balaban J connectivity index is 0.00000285. The van der Waals surface area contributed by atoms with Crippen LogP contribution in [-0.4, -0.2) is 142 Å². The highest BCUT2D eigenvalue weighted by Gasteiger charge is 2.33. The number of pyridine rings is 1. The summed E-state index contributed by atoms with van der Waals surface area (Å²) in [5.74, 6) is -6.42. The lowest BCUT2D eigenvalue weighted by atomic mass is 10.0. The van der Waals surface area contributed by atoms with Crippen LogP contribution in [0.5, 0.6) is 0 Å². The van der Waals surface area contributed by atoms with E-state index in [0.717, 1.165) is 23.2 Å². The SMILES string of the molecule is CC(=O)O.CN1C(=O)[C@@H](CCCCNC(=O)c2ccc(NN=Cc3ccccc3S(=O)(=O)O)nc2)NC(=O)Cc2csc(n2)NC(=O)[C@H](CC(=O)O)NC(=O)CNC(=O)[C@@H]1CCCN=C(N)N. The summed E-state index contributed by atoms with van der Waals surface area (Å²) in [6.45, 7) is 0.676. The number of guanidine groups is 1. The maximum atomic E-state index is 14.1. The van der Waals surface area contributed by atoms with Crippen molar-refractivity contribution in [3.63, 3.8) is 0 Å². The van der Waals surface area contributed by atoms with Gasteiger partial charge in [0.15, 0.2) is 11.1 Å². The number of carboxylic acids is 2. The molecule has 1 aliphatic rings. The van der Waals surface area contributed by atoms with Crippen molar-refractivity contribution in [2.24, 2.45) is 21.6 Å². The van der Waals surface area contributed by atoms with E-state index >= 15 is 0 Å². The summed E-state index contributed by atoms with van der Waals surface area (Å²) >= 11 is 0.950. The maximum absolute atomic E-state index is 14.1. The Morgan fingerprint density at radius 2 is 1.67 bits per heavy atom. The van der Waals surface area contributed by atoms with Gasteiger partial charge < -0.3 is 53.2 Å². The second kappa shape index (κ2) is 26.4. The molecular formula is C39H51N13O13S2. The molecule has 0 saturated heterocycles. The van der Waals surface area contributed by atoms with Gasteiger partial charge >= 0.3 is 5.97 Å². The lowest BCUT2D eigenvalue weighted by molar-refractivity contribution is -0.142. The van der Waals surface area contributed by atoms with Crippen molar-refractivity contribution >= 4 is 92.0 Å². The number of thiazole rings is 1. The highest BCUT2D eigenvalue weighted by molar-refractivity contribution is 7.86. The molecule has 4 rings (SSSR count). The van der Waals surface area contributed by atoms with Crippen molar-refractivity contribution in [3.8, 4) is 0 Å². The Morgan fingerprint density at radius 3 is 2.33 bits per heavy atom. The first-order chi connectivity index (χ1) is 31.6. The molecule has 0 fully saturated rings. The fraction of sp³-hybridized carbons (Fsp3) is 0.385. The van der Waals surface area contributed by atoms with Gasteiger partial charge in [-0.1, -0.05) is 18.2 Å². The first-order valence-electron chi connectivity index (χ1n) is 20.1. The number of nitrogens with zero attached hydrogens (tertiary/aromatic N) is 5. The fourth-order valence-corrected chi connectivity index (χ4v) is 7.36. The number of benzene rings is 1. The third-order valence-corrected chi connectivity index (χ3v) is 10.8. The molecule has 362 valence electrons. The molecule has 0 aliphatic carbocycles. The van der Waals surface area contributed by atoms with Gasteiger partial charge in [0.05, 0.1) is 36.9 Å². The van der Waals surface area contributed by atoms with Crippen LogP contribution in [0.4, 0.5) is 10.9 Å². The number of carboxylic acid groups (broad SMARTS) is 2. The zero-order valence-electron chi connectivity index (χ0n) is 36.1. The predicted molar refractivity (Wildman–Crippen MR) is 241 cm³/mol. The first-order valence-corrected chi connectivity index (χ1v) is 22.4. The summed E-state index contributed by atoms with van der Waals surface area (Å²) in [5.41, 5.74) is 14.0. The number of nitrogens with two attached hydrogens (primary N) is 2. The van der Waals surface area contributed by atoms with Crippen LogP contribution >= 0.6 is 11.3 Å². The van der Waals surface area contributed by atoms with Crippen LogP contribution in [0.25, 0.3) is 0 Å². The second-order valence-electron chi connectivity index (χ2n) is 14.4. The Bertz CT molecular complexity index is 2420. The van der Waals surface area contributed by atoms with Crippen LogP contribution in [0, 0.1) is 0 Å². The van der Waals surface area contributed by atoms with Crippen LogP contribution in [0.3, 0.4) is 0 Å². The number of hydrogen-bond acceptors (Lipinski definition) is 16. The normalized spacial score (nSPS) is 17.3. The van der Waals surface area contributed by atoms with Gasteiger partial charge in [-0.05, 0) is 50.3 Å². The average molecular weight is 974 g/mol. The number of amides is 6.